The molecule has 0 saturated carbocycles. The third-order valence-corrected chi connectivity index (χ3v) is 9.42. The number of esters is 1. The van der Waals surface area contributed by atoms with Crippen molar-refractivity contribution in [3.63, 3.8) is 0 Å². The molecule has 0 aromatic heterocycles. The number of carbonyl (C=O) groups excluding carboxylic acids is 1. The van der Waals surface area contributed by atoms with Gasteiger partial charge in [0.25, 0.3) is 0 Å². The van der Waals surface area contributed by atoms with Crippen molar-refractivity contribution in [3.05, 3.63) is 47.7 Å². The van der Waals surface area contributed by atoms with Gasteiger partial charge in [-0.25, -0.2) is 0 Å². The van der Waals surface area contributed by atoms with Gasteiger partial charge in [-0.3, -0.25) is 9.69 Å². The third-order valence-electron chi connectivity index (χ3n) is 5.04. The Bertz CT molecular complexity index is 605. The van der Waals surface area contributed by atoms with Gasteiger partial charge in [-0.1, -0.05) is 51.1 Å². The van der Waals surface area contributed by atoms with Crippen LogP contribution in [0, 0.1) is 0 Å². The molecule has 0 aliphatic carbocycles. The number of hydrogen-bond donors (Lipinski definition) is 0. The van der Waals surface area contributed by atoms with E-state index in [0.717, 1.165) is 30.8 Å². The molecule has 1 aliphatic rings. The summed E-state index contributed by atoms with van der Waals surface area (Å²) in [7, 11) is -1.77. The van der Waals surface area contributed by atoms with Crippen LogP contribution in [0.15, 0.2) is 42.2 Å². The lowest BCUT2D eigenvalue weighted by molar-refractivity contribution is -0.146. The molecule has 138 valence electrons. The molecule has 0 amide bonds. The van der Waals surface area contributed by atoms with Gasteiger partial charge in [-0.05, 0) is 29.8 Å². The van der Waals surface area contributed by atoms with Gasteiger partial charge in [0.2, 0.25) is 8.32 Å². The summed E-state index contributed by atoms with van der Waals surface area (Å²) in [5.74, 6) is 0.909. The molecule has 0 atom stereocenters. The molecule has 0 fully saturated rings. The van der Waals surface area contributed by atoms with Crippen LogP contribution in [0.5, 0.6) is 0 Å². The molecular formula is C20H31NO3Si. The normalized spacial score (nSPS) is 16.3. The highest BCUT2D eigenvalue weighted by Crippen LogP contribution is 2.38. The lowest BCUT2D eigenvalue weighted by atomic mass is 10.2. The first-order valence-corrected chi connectivity index (χ1v) is 11.9. The van der Waals surface area contributed by atoms with Crippen molar-refractivity contribution in [3.8, 4) is 0 Å². The van der Waals surface area contributed by atoms with Crippen molar-refractivity contribution < 1.29 is 14.0 Å². The molecule has 1 aromatic carbocycles. The van der Waals surface area contributed by atoms with Crippen LogP contribution in [0.3, 0.4) is 0 Å². The van der Waals surface area contributed by atoms with E-state index in [9.17, 15) is 4.79 Å². The predicted molar refractivity (Wildman–Crippen MR) is 104 cm³/mol. The summed E-state index contributed by atoms with van der Waals surface area (Å²) in [4.78, 5) is 14.1. The first-order chi connectivity index (χ1) is 11.7. The maximum absolute atomic E-state index is 12.0. The topological polar surface area (TPSA) is 38.8 Å². The standard InChI is InChI=1S/C20H31NO3Si/c1-20(2,3)25(4,5)24-18-11-13-21(14-12-18)15-19(22)23-16-17-9-7-6-8-10-17/h6-11H,12-16H2,1-5H3. The van der Waals surface area contributed by atoms with Crippen LogP contribution < -0.4 is 0 Å². The smallest absolute Gasteiger partial charge is 0.320 e. The molecule has 1 aromatic rings. The first kappa shape index (κ1) is 19.7. The average molecular weight is 362 g/mol. The minimum Gasteiger partial charge on any atom is -0.547 e. The maximum Gasteiger partial charge on any atom is 0.320 e. The predicted octanol–water partition coefficient (Wildman–Crippen LogP) is 4.34. The van der Waals surface area contributed by atoms with Crippen LogP contribution in [-0.2, 0) is 20.6 Å². The fraction of sp³-hybridized carbons (Fsp3) is 0.550. The maximum atomic E-state index is 12.0. The number of benzene rings is 1. The van der Waals surface area contributed by atoms with Crippen LogP contribution in [-0.4, -0.2) is 38.8 Å². The van der Waals surface area contributed by atoms with E-state index in [1.165, 1.54) is 0 Å². The zero-order chi connectivity index (χ0) is 18.5. The molecule has 0 N–H and O–H groups in total. The quantitative estimate of drug-likeness (QED) is 0.558. The van der Waals surface area contributed by atoms with Gasteiger partial charge in [0, 0.05) is 19.5 Å². The van der Waals surface area contributed by atoms with E-state index in [2.05, 4.69) is 44.8 Å². The van der Waals surface area contributed by atoms with E-state index in [1.807, 2.05) is 30.3 Å². The summed E-state index contributed by atoms with van der Waals surface area (Å²) in [5.41, 5.74) is 1.01. The van der Waals surface area contributed by atoms with Gasteiger partial charge in [0.15, 0.2) is 0 Å². The zero-order valence-corrected chi connectivity index (χ0v) is 17.2. The van der Waals surface area contributed by atoms with Crippen molar-refractivity contribution in [2.45, 2.75) is 51.9 Å². The highest BCUT2D eigenvalue weighted by atomic mass is 28.4. The van der Waals surface area contributed by atoms with Crippen molar-refractivity contribution in [2.24, 2.45) is 0 Å². The molecule has 4 nitrogen and oxygen atoms in total. The van der Waals surface area contributed by atoms with E-state index in [4.69, 9.17) is 9.16 Å². The summed E-state index contributed by atoms with van der Waals surface area (Å²) in [6.07, 6.45) is 2.98. The Hall–Kier alpha value is -1.59. The van der Waals surface area contributed by atoms with Crippen LogP contribution in [0.2, 0.25) is 18.1 Å². The zero-order valence-electron chi connectivity index (χ0n) is 16.2. The molecule has 0 bridgehead atoms. The molecule has 0 saturated heterocycles. The molecule has 1 heterocycles. The number of ether oxygens (including phenoxy) is 1. The SMILES string of the molecule is CC(C)(C)[Si](C)(C)OC1=CCN(CC(=O)OCc2ccccc2)CC1. The van der Waals surface area contributed by atoms with Gasteiger partial charge in [-0.2, -0.15) is 0 Å². The number of carbonyl (C=O) groups is 1. The van der Waals surface area contributed by atoms with Gasteiger partial charge in [0.05, 0.1) is 12.3 Å². The van der Waals surface area contributed by atoms with Crippen LogP contribution in [0.4, 0.5) is 0 Å². The molecule has 25 heavy (non-hydrogen) atoms. The summed E-state index contributed by atoms with van der Waals surface area (Å²) in [6.45, 7) is 13.5. The number of nitrogens with zero attached hydrogens (tertiary/aromatic N) is 1. The van der Waals surface area contributed by atoms with E-state index < -0.39 is 8.32 Å². The highest BCUT2D eigenvalue weighted by Gasteiger charge is 2.39. The van der Waals surface area contributed by atoms with E-state index in [-0.39, 0.29) is 11.0 Å². The largest absolute Gasteiger partial charge is 0.547 e. The van der Waals surface area contributed by atoms with Crippen molar-refractivity contribution >= 4 is 14.3 Å². The van der Waals surface area contributed by atoms with Gasteiger partial charge in [0.1, 0.15) is 6.61 Å². The Morgan fingerprint density at radius 3 is 2.44 bits per heavy atom. The molecule has 5 heteroatoms. The number of hydrogen-bond acceptors (Lipinski definition) is 4. The monoisotopic (exact) mass is 361 g/mol. The minimum atomic E-state index is -1.77. The third kappa shape index (κ3) is 6.01. The van der Waals surface area contributed by atoms with Gasteiger partial charge in [-0.15, -0.1) is 0 Å². The first-order valence-electron chi connectivity index (χ1n) is 8.97. The summed E-state index contributed by atoms with van der Waals surface area (Å²) >= 11 is 0. The molecule has 2 rings (SSSR count). The molecule has 0 radical (unpaired) electrons. The van der Waals surface area contributed by atoms with Crippen LogP contribution >= 0.6 is 0 Å². The van der Waals surface area contributed by atoms with Gasteiger partial charge >= 0.3 is 5.97 Å². The number of rotatable bonds is 6. The highest BCUT2D eigenvalue weighted by molar-refractivity contribution is 6.74. The van der Waals surface area contributed by atoms with Crippen LogP contribution in [0.1, 0.15) is 32.8 Å². The molecule has 1 aliphatic heterocycles. The Morgan fingerprint density at radius 1 is 1.20 bits per heavy atom. The van der Waals surface area contributed by atoms with E-state index in [1.54, 1.807) is 0 Å². The fourth-order valence-electron chi connectivity index (χ4n) is 2.38. The lowest BCUT2D eigenvalue weighted by Gasteiger charge is -2.38. The molecule has 0 spiro atoms. The Kier molecular flexibility index (Phi) is 6.46. The van der Waals surface area contributed by atoms with Crippen molar-refractivity contribution in [2.75, 3.05) is 19.6 Å². The Morgan fingerprint density at radius 2 is 1.88 bits per heavy atom. The lowest BCUT2D eigenvalue weighted by Crippen LogP contribution is -2.42. The summed E-state index contributed by atoms with van der Waals surface area (Å²) < 4.78 is 11.7. The Labute approximate surface area is 152 Å². The van der Waals surface area contributed by atoms with E-state index in [0.29, 0.717) is 13.2 Å². The van der Waals surface area contributed by atoms with Crippen molar-refractivity contribution in [1.82, 2.24) is 4.90 Å². The fourth-order valence-corrected chi connectivity index (χ4v) is 3.52. The Balaban J connectivity index is 1.77. The molecular weight excluding hydrogens is 330 g/mol. The second-order valence-electron chi connectivity index (χ2n) is 8.16. The van der Waals surface area contributed by atoms with Gasteiger partial charge < -0.3 is 9.16 Å². The van der Waals surface area contributed by atoms with Crippen LogP contribution in [0.25, 0.3) is 0 Å². The average Bonchev–Trinajstić information content (AvgIpc) is 2.54. The summed E-state index contributed by atoms with van der Waals surface area (Å²) in [6, 6.07) is 9.77. The summed E-state index contributed by atoms with van der Waals surface area (Å²) in [5, 5.41) is 0.201. The minimum absolute atomic E-state index is 0.175. The molecule has 0 unspecified atom stereocenters. The van der Waals surface area contributed by atoms with Crippen molar-refractivity contribution in [1.29, 1.82) is 0 Å². The second-order valence-corrected chi connectivity index (χ2v) is 12.9. The van der Waals surface area contributed by atoms with E-state index >= 15 is 0 Å². The second kappa shape index (κ2) is 8.19.